The van der Waals surface area contributed by atoms with Gasteiger partial charge in [-0.2, -0.15) is 10.6 Å². The second-order valence-electron chi connectivity index (χ2n) is 6.65. The molecule has 2 aliphatic heterocycles. The molecule has 0 spiro atoms. The lowest BCUT2D eigenvalue weighted by atomic mass is 10.1. The molecule has 0 saturated carbocycles. The second-order valence-corrected chi connectivity index (χ2v) is 9.07. The fraction of sp³-hybridized carbons (Fsp3) is 0.316. The van der Waals surface area contributed by atoms with Crippen LogP contribution in [-0.4, -0.2) is 62.6 Å². The summed E-state index contributed by atoms with van der Waals surface area (Å²) in [4.78, 5) is 22.6. The minimum Gasteiger partial charge on any atom is -0.504 e. The van der Waals surface area contributed by atoms with E-state index >= 15 is 0 Å². The number of furan rings is 1. The highest BCUT2D eigenvalue weighted by atomic mass is 32.3. The molecule has 2 aromatic rings. The molecule has 4 rings (SSSR count). The van der Waals surface area contributed by atoms with Crippen LogP contribution in [0.25, 0.3) is 11.6 Å². The smallest absolute Gasteiger partial charge is 0.347 e. The van der Waals surface area contributed by atoms with Gasteiger partial charge in [-0.1, -0.05) is 0 Å². The summed E-state index contributed by atoms with van der Waals surface area (Å²) >= 11 is 0. The number of hydrogen-bond donors (Lipinski definition) is 3. The van der Waals surface area contributed by atoms with Crippen LogP contribution >= 0.6 is 10.6 Å². The number of rotatable bonds is 4. The number of aromatic hydroxyl groups is 1. The average molecular weight is 419 g/mol. The number of esters is 1. The van der Waals surface area contributed by atoms with Crippen molar-refractivity contribution in [2.75, 3.05) is 36.1 Å². The fourth-order valence-corrected chi connectivity index (χ4v) is 4.48. The molecule has 0 amide bonds. The van der Waals surface area contributed by atoms with Gasteiger partial charge in [-0.3, -0.25) is 9.11 Å². The lowest BCUT2D eigenvalue weighted by Crippen LogP contribution is -2.38. The summed E-state index contributed by atoms with van der Waals surface area (Å²) in [7, 11) is -2.62. The maximum atomic E-state index is 12.5. The van der Waals surface area contributed by atoms with Crippen molar-refractivity contribution in [1.82, 2.24) is 4.98 Å². The first kappa shape index (κ1) is 19.5. The van der Waals surface area contributed by atoms with Crippen LogP contribution < -0.4 is 4.90 Å². The zero-order valence-corrected chi connectivity index (χ0v) is 16.6. The van der Waals surface area contributed by atoms with E-state index in [0.29, 0.717) is 11.4 Å². The van der Waals surface area contributed by atoms with E-state index in [4.69, 9.17) is 9.15 Å². The van der Waals surface area contributed by atoms with E-state index in [1.807, 2.05) is 6.07 Å². The van der Waals surface area contributed by atoms with Crippen molar-refractivity contribution in [3.8, 4) is 5.75 Å². The van der Waals surface area contributed by atoms with Gasteiger partial charge in [-0.25, -0.2) is 14.8 Å². The van der Waals surface area contributed by atoms with E-state index in [-0.39, 0.29) is 54.2 Å². The predicted molar refractivity (Wildman–Crippen MR) is 111 cm³/mol. The molecule has 1 fully saturated rings. The molecule has 9 nitrogen and oxygen atoms in total. The topological polar surface area (TPSA) is 129 Å². The van der Waals surface area contributed by atoms with E-state index in [1.54, 1.807) is 36.4 Å². The molecule has 0 radical (unpaired) electrons. The summed E-state index contributed by atoms with van der Waals surface area (Å²) in [6.45, 7) is 2.38. The largest absolute Gasteiger partial charge is 0.504 e. The zero-order valence-electron chi connectivity index (χ0n) is 15.7. The van der Waals surface area contributed by atoms with Crippen LogP contribution in [0, 0.1) is 0 Å². The standard InChI is InChI=1S/C19H21N3O6S/c1-2-27-19(24)15-16(23)14(10-12-11-21-17-13(12)4-3-5-20-17)28-18(15)22-6-8-29(25,26)9-7-22/h3-5,10-11,23,25-26H,2,6-9H2,1H3. The molecule has 154 valence electrons. The molecule has 2 aliphatic rings. The Morgan fingerprint density at radius 1 is 1.38 bits per heavy atom. The Kier molecular flexibility index (Phi) is 5.07. The lowest BCUT2D eigenvalue weighted by molar-refractivity contribution is 0.0523. The van der Waals surface area contributed by atoms with Gasteiger partial charge >= 0.3 is 5.97 Å². The number of ether oxygens (including phenoxy) is 1. The molecule has 1 saturated heterocycles. The highest BCUT2D eigenvalue weighted by Gasteiger charge is 2.33. The van der Waals surface area contributed by atoms with Crippen molar-refractivity contribution in [3.63, 3.8) is 0 Å². The van der Waals surface area contributed by atoms with E-state index in [2.05, 4.69) is 9.98 Å². The van der Waals surface area contributed by atoms with Gasteiger partial charge in [-0.05, 0) is 25.1 Å². The van der Waals surface area contributed by atoms with Crippen LogP contribution in [0.2, 0.25) is 0 Å². The van der Waals surface area contributed by atoms with Gasteiger partial charge in [0.25, 0.3) is 0 Å². The van der Waals surface area contributed by atoms with Crippen molar-refractivity contribution < 1.29 is 28.2 Å². The van der Waals surface area contributed by atoms with Gasteiger partial charge in [0.2, 0.25) is 5.88 Å². The molecule has 0 atom stereocenters. The molecule has 4 heterocycles. The predicted octanol–water partition coefficient (Wildman–Crippen LogP) is 3.38. The van der Waals surface area contributed by atoms with Crippen molar-refractivity contribution in [2.45, 2.75) is 6.92 Å². The second kappa shape index (κ2) is 7.54. The number of anilines is 1. The third-order valence-electron chi connectivity index (χ3n) is 4.74. The highest BCUT2D eigenvalue weighted by Crippen LogP contribution is 2.44. The summed E-state index contributed by atoms with van der Waals surface area (Å²) in [5.41, 5.74) is 1.40. The summed E-state index contributed by atoms with van der Waals surface area (Å²) < 4.78 is 30.7. The monoisotopic (exact) mass is 419 g/mol. The lowest BCUT2D eigenvalue weighted by Gasteiger charge is -2.40. The molecule has 0 unspecified atom stereocenters. The number of carbonyl (C=O) groups excluding carboxylic acids is 1. The number of allylic oxidation sites excluding steroid dienone is 1. The first-order valence-electron chi connectivity index (χ1n) is 9.12. The number of fused-ring (bicyclic) bond motifs is 1. The van der Waals surface area contributed by atoms with Crippen LogP contribution in [0.3, 0.4) is 0 Å². The first-order chi connectivity index (χ1) is 13.9. The SMILES string of the molecule is CCOC(=O)c1c(N2CCS(O)(O)CC2)oc(C=C2C=Nc3ncccc32)c1O. The van der Waals surface area contributed by atoms with Crippen molar-refractivity contribution >= 4 is 46.1 Å². The molecule has 0 aliphatic carbocycles. The third kappa shape index (κ3) is 3.74. The van der Waals surface area contributed by atoms with Gasteiger partial charge in [0, 0.05) is 36.6 Å². The molecule has 0 aromatic carbocycles. The Balaban J connectivity index is 1.74. The summed E-state index contributed by atoms with van der Waals surface area (Å²) in [5, 5.41) is 10.7. The van der Waals surface area contributed by atoms with Crippen LogP contribution in [0.4, 0.5) is 11.7 Å². The Labute approximate surface area is 168 Å². The van der Waals surface area contributed by atoms with Crippen LogP contribution in [0.1, 0.15) is 28.6 Å². The number of aromatic nitrogens is 1. The molecular formula is C19H21N3O6S. The summed E-state index contributed by atoms with van der Waals surface area (Å²) in [6.07, 6.45) is 4.84. The zero-order chi connectivity index (χ0) is 20.6. The maximum Gasteiger partial charge on any atom is 0.347 e. The number of aliphatic imine (C=N–C) groups is 1. The minimum absolute atomic E-state index is 0.0709. The Bertz CT molecular complexity index is 1000. The number of pyridine rings is 1. The van der Waals surface area contributed by atoms with Crippen molar-refractivity contribution in [1.29, 1.82) is 0 Å². The van der Waals surface area contributed by atoms with E-state index < -0.39 is 16.6 Å². The van der Waals surface area contributed by atoms with Crippen LogP contribution in [-0.2, 0) is 4.74 Å². The van der Waals surface area contributed by atoms with Gasteiger partial charge < -0.3 is 19.2 Å². The van der Waals surface area contributed by atoms with Crippen molar-refractivity contribution in [2.24, 2.45) is 4.99 Å². The average Bonchev–Trinajstić information content (AvgIpc) is 3.24. The number of hydrogen-bond acceptors (Lipinski definition) is 9. The number of carbonyl (C=O) groups is 1. The van der Waals surface area contributed by atoms with Gasteiger partial charge in [0.1, 0.15) is 0 Å². The summed E-state index contributed by atoms with van der Waals surface area (Å²) in [5.74, 6) is 0.124. The van der Waals surface area contributed by atoms with Gasteiger partial charge in [0.05, 0.1) is 18.1 Å². The maximum absolute atomic E-state index is 12.5. The molecule has 0 bridgehead atoms. The Morgan fingerprint density at radius 3 is 2.86 bits per heavy atom. The highest BCUT2D eigenvalue weighted by molar-refractivity contribution is 8.24. The molecule has 2 aromatic heterocycles. The number of nitrogens with zero attached hydrogens (tertiary/aromatic N) is 3. The molecule has 3 N–H and O–H groups in total. The Morgan fingerprint density at radius 2 is 2.14 bits per heavy atom. The summed E-state index contributed by atoms with van der Waals surface area (Å²) in [6, 6.07) is 3.63. The van der Waals surface area contributed by atoms with Crippen LogP contribution in [0.5, 0.6) is 5.75 Å². The van der Waals surface area contributed by atoms with Crippen molar-refractivity contribution in [3.05, 3.63) is 35.2 Å². The third-order valence-corrected chi connectivity index (χ3v) is 6.42. The van der Waals surface area contributed by atoms with Crippen LogP contribution in [0.15, 0.2) is 27.7 Å². The van der Waals surface area contributed by atoms with E-state index in [9.17, 15) is 19.0 Å². The molecular weight excluding hydrogens is 398 g/mol. The van der Waals surface area contributed by atoms with E-state index in [1.165, 1.54) is 0 Å². The Hall–Kier alpha value is -2.82. The molecule has 29 heavy (non-hydrogen) atoms. The normalized spacial score (nSPS) is 20.0. The fourth-order valence-electron chi connectivity index (χ4n) is 3.25. The first-order valence-corrected chi connectivity index (χ1v) is 11.0. The quantitative estimate of drug-likeness (QED) is 0.643. The van der Waals surface area contributed by atoms with Gasteiger partial charge in [-0.15, -0.1) is 0 Å². The minimum atomic E-state index is -2.62. The van der Waals surface area contributed by atoms with Gasteiger partial charge in [0.15, 0.2) is 22.9 Å². The molecule has 10 heteroatoms. The van der Waals surface area contributed by atoms with E-state index in [0.717, 1.165) is 5.56 Å².